The summed E-state index contributed by atoms with van der Waals surface area (Å²) in [5.74, 6) is 2.70. The van der Waals surface area contributed by atoms with E-state index in [2.05, 4.69) is 24.0 Å². The van der Waals surface area contributed by atoms with Gasteiger partial charge in [0.05, 0.1) is 20.3 Å². The molecule has 6 heteroatoms. The summed E-state index contributed by atoms with van der Waals surface area (Å²) in [5, 5.41) is 0. The number of rotatable bonds is 6. The predicted molar refractivity (Wildman–Crippen MR) is 120 cm³/mol. The standard InChI is InChI=1S/C25H32N2O4/c1-19(21-5-3-6-22(18-21)29-2)26-11-13-27(14-12-26)25(28)10-8-20-7-9-23-24(17-20)31-16-4-15-30-23/h3,5-7,9,17-19H,4,8,10-16H2,1-2H3. The van der Waals surface area contributed by atoms with Crippen molar-refractivity contribution in [2.75, 3.05) is 46.5 Å². The van der Waals surface area contributed by atoms with Gasteiger partial charge < -0.3 is 19.1 Å². The molecule has 0 spiro atoms. The summed E-state index contributed by atoms with van der Waals surface area (Å²) >= 11 is 0. The molecule has 0 radical (unpaired) electrons. The van der Waals surface area contributed by atoms with Gasteiger partial charge in [-0.1, -0.05) is 18.2 Å². The van der Waals surface area contributed by atoms with E-state index < -0.39 is 0 Å². The van der Waals surface area contributed by atoms with Crippen LogP contribution in [0.3, 0.4) is 0 Å². The van der Waals surface area contributed by atoms with E-state index in [0.717, 1.165) is 61.8 Å². The first-order chi connectivity index (χ1) is 15.1. The normalized spacial score (nSPS) is 17.7. The lowest BCUT2D eigenvalue weighted by Gasteiger charge is -2.38. The van der Waals surface area contributed by atoms with Crippen molar-refractivity contribution in [1.29, 1.82) is 0 Å². The van der Waals surface area contributed by atoms with Crippen LogP contribution in [0.25, 0.3) is 0 Å². The van der Waals surface area contributed by atoms with Gasteiger partial charge in [0, 0.05) is 45.1 Å². The van der Waals surface area contributed by atoms with Crippen molar-refractivity contribution in [2.24, 2.45) is 0 Å². The Hall–Kier alpha value is -2.73. The Kier molecular flexibility index (Phi) is 6.97. The monoisotopic (exact) mass is 424 g/mol. The number of fused-ring (bicyclic) bond motifs is 1. The molecule has 0 aliphatic carbocycles. The van der Waals surface area contributed by atoms with Crippen molar-refractivity contribution < 1.29 is 19.0 Å². The first-order valence-electron chi connectivity index (χ1n) is 11.2. The van der Waals surface area contributed by atoms with Crippen LogP contribution in [0.4, 0.5) is 0 Å². The number of piperazine rings is 1. The van der Waals surface area contributed by atoms with Crippen LogP contribution in [0.2, 0.25) is 0 Å². The second kappa shape index (κ2) is 10.1. The fourth-order valence-electron chi connectivity index (χ4n) is 4.24. The van der Waals surface area contributed by atoms with Gasteiger partial charge >= 0.3 is 0 Å². The molecule has 1 saturated heterocycles. The number of nitrogens with zero attached hydrogens (tertiary/aromatic N) is 2. The zero-order chi connectivity index (χ0) is 21.6. The molecule has 2 aliphatic rings. The van der Waals surface area contributed by atoms with Gasteiger partial charge in [-0.05, 0) is 48.7 Å². The molecule has 0 aromatic heterocycles. The second-order valence-corrected chi connectivity index (χ2v) is 8.20. The van der Waals surface area contributed by atoms with Crippen LogP contribution < -0.4 is 14.2 Å². The van der Waals surface area contributed by atoms with Gasteiger partial charge in [0.2, 0.25) is 5.91 Å². The van der Waals surface area contributed by atoms with Crippen LogP contribution in [-0.4, -0.2) is 62.2 Å². The molecular weight excluding hydrogens is 392 g/mol. The highest BCUT2D eigenvalue weighted by molar-refractivity contribution is 5.76. The van der Waals surface area contributed by atoms with Gasteiger partial charge in [-0.2, -0.15) is 0 Å². The Morgan fingerprint density at radius 2 is 1.81 bits per heavy atom. The quantitative estimate of drug-likeness (QED) is 0.708. The van der Waals surface area contributed by atoms with Crippen LogP contribution in [0, 0.1) is 0 Å². The average Bonchev–Trinajstić information content (AvgIpc) is 3.07. The summed E-state index contributed by atoms with van der Waals surface area (Å²) in [7, 11) is 1.69. The molecule has 1 atom stereocenters. The minimum absolute atomic E-state index is 0.223. The summed E-state index contributed by atoms with van der Waals surface area (Å²) in [5.41, 5.74) is 2.36. The summed E-state index contributed by atoms with van der Waals surface area (Å²) in [6.45, 7) is 6.89. The molecule has 0 N–H and O–H groups in total. The van der Waals surface area contributed by atoms with Gasteiger partial charge in [-0.25, -0.2) is 0 Å². The van der Waals surface area contributed by atoms with E-state index in [9.17, 15) is 4.79 Å². The topological polar surface area (TPSA) is 51.2 Å². The number of carbonyl (C=O) groups is 1. The van der Waals surface area contributed by atoms with Crippen LogP contribution in [0.1, 0.15) is 36.9 Å². The number of hydrogen-bond donors (Lipinski definition) is 0. The third kappa shape index (κ3) is 5.31. The average molecular weight is 425 g/mol. The fraction of sp³-hybridized carbons (Fsp3) is 0.480. The van der Waals surface area contributed by atoms with Crippen LogP contribution in [0.5, 0.6) is 17.2 Å². The van der Waals surface area contributed by atoms with Crippen LogP contribution in [-0.2, 0) is 11.2 Å². The van der Waals surface area contributed by atoms with Gasteiger partial charge in [0.1, 0.15) is 5.75 Å². The molecule has 2 aliphatic heterocycles. The number of benzene rings is 2. The molecule has 1 fully saturated rings. The fourth-order valence-corrected chi connectivity index (χ4v) is 4.24. The van der Waals surface area contributed by atoms with Crippen molar-refractivity contribution in [2.45, 2.75) is 32.2 Å². The molecule has 6 nitrogen and oxygen atoms in total. The zero-order valence-electron chi connectivity index (χ0n) is 18.5. The van der Waals surface area contributed by atoms with E-state index in [1.807, 2.05) is 35.2 Å². The Balaban J connectivity index is 1.27. The Bertz CT molecular complexity index is 893. The van der Waals surface area contributed by atoms with Gasteiger partial charge in [0.15, 0.2) is 11.5 Å². The Morgan fingerprint density at radius 3 is 2.58 bits per heavy atom. The molecule has 0 bridgehead atoms. The van der Waals surface area contributed by atoms with Gasteiger partial charge in [-0.15, -0.1) is 0 Å². The first kappa shape index (κ1) is 21.5. The third-order valence-electron chi connectivity index (χ3n) is 6.23. The SMILES string of the molecule is COc1cccc(C(C)N2CCN(C(=O)CCc3ccc4c(c3)OCCCO4)CC2)c1. The minimum atomic E-state index is 0.223. The molecule has 2 aromatic rings. The molecule has 1 amide bonds. The molecule has 4 rings (SSSR count). The van der Waals surface area contributed by atoms with Crippen molar-refractivity contribution in [1.82, 2.24) is 9.80 Å². The smallest absolute Gasteiger partial charge is 0.222 e. The number of aryl methyl sites for hydroxylation is 1. The van der Waals surface area contributed by atoms with Crippen molar-refractivity contribution >= 4 is 5.91 Å². The molecule has 31 heavy (non-hydrogen) atoms. The summed E-state index contributed by atoms with van der Waals surface area (Å²) < 4.78 is 16.8. The van der Waals surface area contributed by atoms with E-state index in [4.69, 9.17) is 14.2 Å². The highest BCUT2D eigenvalue weighted by atomic mass is 16.5. The Morgan fingerprint density at radius 1 is 1.03 bits per heavy atom. The molecule has 0 saturated carbocycles. The van der Waals surface area contributed by atoms with Gasteiger partial charge in [0.25, 0.3) is 0 Å². The summed E-state index contributed by atoms with van der Waals surface area (Å²) in [6, 6.07) is 14.5. The molecule has 166 valence electrons. The highest BCUT2D eigenvalue weighted by Crippen LogP contribution is 2.31. The maximum atomic E-state index is 12.8. The minimum Gasteiger partial charge on any atom is -0.497 e. The number of carbonyl (C=O) groups excluding carboxylic acids is 1. The van der Waals surface area contributed by atoms with Crippen LogP contribution in [0.15, 0.2) is 42.5 Å². The number of amides is 1. The highest BCUT2D eigenvalue weighted by Gasteiger charge is 2.25. The molecule has 2 heterocycles. The molecule has 2 aromatic carbocycles. The molecular formula is C25H32N2O4. The molecule has 1 unspecified atom stereocenters. The first-order valence-corrected chi connectivity index (χ1v) is 11.2. The summed E-state index contributed by atoms with van der Waals surface area (Å²) in [6.07, 6.45) is 2.13. The summed E-state index contributed by atoms with van der Waals surface area (Å²) in [4.78, 5) is 17.2. The zero-order valence-corrected chi connectivity index (χ0v) is 18.5. The van der Waals surface area contributed by atoms with Gasteiger partial charge in [-0.3, -0.25) is 9.69 Å². The largest absolute Gasteiger partial charge is 0.497 e. The van der Waals surface area contributed by atoms with E-state index in [1.165, 1.54) is 5.56 Å². The van der Waals surface area contributed by atoms with Crippen molar-refractivity contribution in [3.63, 3.8) is 0 Å². The number of ether oxygens (including phenoxy) is 3. The van der Waals surface area contributed by atoms with Crippen LogP contribution >= 0.6 is 0 Å². The van der Waals surface area contributed by atoms with Crippen molar-refractivity contribution in [3.05, 3.63) is 53.6 Å². The maximum Gasteiger partial charge on any atom is 0.222 e. The Labute approximate surface area is 184 Å². The second-order valence-electron chi connectivity index (χ2n) is 8.20. The third-order valence-corrected chi connectivity index (χ3v) is 6.23. The lowest BCUT2D eigenvalue weighted by Crippen LogP contribution is -2.49. The van der Waals surface area contributed by atoms with Crippen molar-refractivity contribution in [3.8, 4) is 17.2 Å². The van der Waals surface area contributed by atoms with E-state index in [1.54, 1.807) is 7.11 Å². The number of hydrogen-bond acceptors (Lipinski definition) is 5. The van der Waals surface area contributed by atoms with E-state index in [0.29, 0.717) is 25.7 Å². The predicted octanol–water partition coefficient (Wildman–Crippen LogP) is 3.69. The maximum absolute atomic E-state index is 12.8. The lowest BCUT2D eigenvalue weighted by molar-refractivity contribution is -0.133. The van der Waals surface area contributed by atoms with E-state index >= 15 is 0 Å². The lowest BCUT2D eigenvalue weighted by atomic mass is 10.1. The van der Waals surface area contributed by atoms with E-state index in [-0.39, 0.29) is 5.91 Å². The number of methoxy groups -OCH3 is 1.